The molecule has 2 heterocycles. The summed E-state index contributed by atoms with van der Waals surface area (Å²) in [6, 6.07) is 4.15. The van der Waals surface area contributed by atoms with Gasteiger partial charge in [0.25, 0.3) is 0 Å². The molecule has 0 radical (unpaired) electrons. The third-order valence-electron chi connectivity index (χ3n) is 2.51. The van der Waals surface area contributed by atoms with Gasteiger partial charge in [-0.05, 0) is 47.9 Å². The van der Waals surface area contributed by atoms with Crippen molar-refractivity contribution in [2.24, 2.45) is 0 Å². The average molecular weight is 294 g/mol. The van der Waals surface area contributed by atoms with Crippen LogP contribution in [0.2, 0.25) is 0 Å². The van der Waals surface area contributed by atoms with Crippen LogP contribution < -0.4 is 5.32 Å². The van der Waals surface area contributed by atoms with Gasteiger partial charge in [0.05, 0.1) is 0 Å². The summed E-state index contributed by atoms with van der Waals surface area (Å²) in [7, 11) is 0. The molecule has 0 saturated carbocycles. The highest BCUT2D eigenvalue weighted by Crippen LogP contribution is 2.27. The summed E-state index contributed by atoms with van der Waals surface area (Å²) >= 11 is 3.01. The second-order valence-corrected chi connectivity index (χ2v) is 6.13. The maximum absolute atomic E-state index is 4.45. The zero-order valence-corrected chi connectivity index (χ0v) is 12.9. The van der Waals surface area contributed by atoms with Crippen LogP contribution in [0.4, 0.5) is 0 Å². The number of hydrogen-bond acceptors (Lipinski definition) is 6. The maximum Gasteiger partial charge on any atom is 0.176 e. The highest BCUT2D eigenvalue weighted by atomic mass is 32.2. The number of aromatic nitrogens is 3. The fourth-order valence-electron chi connectivity index (χ4n) is 1.50. The van der Waals surface area contributed by atoms with Crippen molar-refractivity contribution in [3.8, 4) is 0 Å². The van der Waals surface area contributed by atoms with E-state index in [9.17, 15) is 0 Å². The van der Waals surface area contributed by atoms with Gasteiger partial charge in [0, 0.05) is 19.2 Å². The molecule has 102 valence electrons. The van der Waals surface area contributed by atoms with E-state index < -0.39 is 0 Å². The minimum atomic E-state index is 0.880. The number of aryl methyl sites for hydroxylation is 1. The van der Waals surface area contributed by atoms with Crippen LogP contribution in [0.5, 0.6) is 0 Å². The van der Waals surface area contributed by atoms with Crippen molar-refractivity contribution >= 4 is 23.3 Å². The molecule has 0 saturated heterocycles. The highest BCUT2D eigenvalue weighted by Gasteiger charge is 2.05. The predicted octanol–water partition coefficient (Wildman–Crippen LogP) is 3.15. The van der Waals surface area contributed by atoms with Crippen molar-refractivity contribution in [1.82, 2.24) is 19.7 Å². The van der Waals surface area contributed by atoms with E-state index in [0.29, 0.717) is 0 Å². The average Bonchev–Trinajstić information content (AvgIpc) is 2.89. The Bertz CT molecular complexity index is 496. The summed E-state index contributed by atoms with van der Waals surface area (Å²) in [6.07, 6.45) is 3.96. The Labute approximate surface area is 122 Å². The number of pyridine rings is 1. The SMILES string of the molecule is CCCNCc1ccc(Sc2nc(CC)ns2)nc1. The normalized spacial score (nSPS) is 10.8. The standard InChI is InChI=1S/C13H18N4S2/c1-3-7-14-8-10-5-6-12(15-9-10)18-13-16-11(4-2)17-19-13/h5-6,9,14H,3-4,7-8H2,1-2H3. The molecule has 0 aliphatic carbocycles. The molecule has 19 heavy (non-hydrogen) atoms. The fourth-order valence-corrected chi connectivity index (χ4v) is 3.09. The van der Waals surface area contributed by atoms with Crippen molar-refractivity contribution in [1.29, 1.82) is 0 Å². The van der Waals surface area contributed by atoms with Crippen LogP contribution in [0.3, 0.4) is 0 Å². The highest BCUT2D eigenvalue weighted by molar-refractivity contribution is 8.00. The lowest BCUT2D eigenvalue weighted by Gasteiger charge is -2.03. The molecule has 0 atom stereocenters. The molecule has 0 aliphatic heterocycles. The van der Waals surface area contributed by atoms with E-state index in [-0.39, 0.29) is 0 Å². The number of rotatable bonds is 7. The van der Waals surface area contributed by atoms with Crippen LogP contribution >= 0.6 is 23.3 Å². The topological polar surface area (TPSA) is 50.7 Å². The van der Waals surface area contributed by atoms with Crippen LogP contribution in [0.15, 0.2) is 27.7 Å². The summed E-state index contributed by atoms with van der Waals surface area (Å²) in [5.41, 5.74) is 1.21. The van der Waals surface area contributed by atoms with Gasteiger partial charge in [-0.1, -0.05) is 19.9 Å². The smallest absolute Gasteiger partial charge is 0.176 e. The van der Waals surface area contributed by atoms with Crippen LogP contribution in [0.25, 0.3) is 0 Å². The van der Waals surface area contributed by atoms with Crippen molar-refractivity contribution in [3.63, 3.8) is 0 Å². The van der Waals surface area contributed by atoms with Crippen LogP contribution in [0, 0.1) is 0 Å². The van der Waals surface area contributed by atoms with Crippen LogP contribution in [-0.2, 0) is 13.0 Å². The van der Waals surface area contributed by atoms with Gasteiger partial charge < -0.3 is 5.32 Å². The Morgan fingerprint density at radius 3 is 2.84 bits per heavy atom. The minimum Gasteiger partial charge on any atom is -0.313 e. The minimum absolute atomic E-state index is 0.880. The molecule has 0 spiro atoms. The molecule has 2 aromatic rings. The monoisotopic (exact) mass is 294 g/mol. The summed E-state index contributed by atoms with van der Waals surface area (Å²) in [5.74, 6) is 0.910. The van der Waals surface area contributed by atoms with E-state index >= 15 is 0 Å². The molecule has 0 aliphatic rings. The van der Waals surface area contributed by atoms with Gasteiger partial charge in [0.15, 0.2) is 4.34 Å². The molecule has 2 rings (SSSR count). The Kier molecular flexibility index (Phi) is 5.75. The van der Waals surface area contributed by atoms with Crippen molar-refractivity contribution in [3.05, 3.63) is 29.7 Å². The molecular formula is C13H18N4S2. The molecule has 0 bridgehead atoms. The quantitative estimate of drug-likeness (QED) is 0.795. The zero-order valence-electron chi connectivity index (χ0n) is 11.2. The summed E-state index contributed by atoms with van der Waals surface area (Å²) in [4.78, 5) is 8.87. The van der Waals surface area contributed by atoms with E-state index in [4.69, 9.17) is 0 Å². The van der Waals surface area contributed by atoms with Gasteiger partial charge in [-0.25, -0.2) is 9.97 Å². The molecule has 6 heteroatoms. The van der Waals surface area contributed by atoms with Gasteiger partial charge in [-0.3, -0.25) is 0 Å². The second kappa shape index (κ2) is 7.57. The number of nitrogens with one attached hydrogen (secondary N) is 1. The zero-order chi connectivity index (χ0) is 13.5. The molecule has 2 aromatic heterocycles. The Hall–Kier alpha value is -0.980. The number of hydrogen-bond donors (Lipinski definition) is 1. The Morgan fingerprint density at radius 2 is 2.21 bits per heavy atom. The maximum atomic E-state index is 4.45. The lowest BCUT2D eigenvalue weighted by Crippen LogP contribution is -2.13. The molecule has 0 amide bonds. The lowest BCUT2D eigenvalue weighted by molar-refractivity contribution is 0.673. The van der Waals surface area contributed by atoms with Gasteiger partial charge >= 0.3 is 0 Å². The largest absolute Gasteiger partial charge is 0.313 e. The second-order valence-electron chi connectivity index (χ2n) is 4.11. The molecule has 0 aromatic carbocycles. The molecule has 1 N–H and O–H groups in total. The fraction of sp³-hybridized carbons (Fsp3) is 0.462. The summed E-state index contributed by atoms with van der Waals surface area (Å²) in [5, 5.41) is 4.33. The van der Waals surface area contributed by atoms with Crippen molar-refractivity contribution in [2.75, 3.05) is 6.54 Å². The first kappa shape index (κ1) is 14.4. The predicted molar refractivity (Wildman–Crippen MR) is 79.6 cm³/mol. The summed E-state index contributed by atoms with van der Waals surface area (Å²) in [6.45, 7) is 6.15. The van der Waals surface area contributed by atoms with Crippen LogP contribution in [0.1, 0.15) is 31.7 Å². The molecular weight excluding hydrogens is 276 g/mol. The van der Waals surface area contributed by atoms with E-state index in [0.717, 1.165) is 41.1 Å². The van der Waals surface area contributed by atoms with E-state index in [1.807, 2.05) is 12.3 Å². The molecule has 4 nitrogen and oxygen atoms in total. The first-order valence-corrected chi connectivity index (χ1v) is 8.07. The third-order valence-corrected chi connectivity index (χ3v) is 4.25. The van der Waals surface area contributed by atoms with E-state index in [1.54, 1.807) is 11.8 Å². The Morgan fingerprint density at radius 1 is 1.32 bits per heavy atom. The van der Waals surface area contributed by atoms with Crippen molar-refractivity contribution in [2.45, 2.75) is 42.6 Å². The van der Waals surface area contributed by atoms with Crippen LogP contribution in [-0.4, -0.2) is 20.9 Å². The first-order chi connectivity index (χ1) is 9.31. The Balaban J connectivity index is 1.90. The van der Waals surface area contributed by atoms with Gasteiger partial charge in [0.2, 0.25) is 0 Å². The van der Waals surface area contributed by atoms with Gasteiger partial charge in [-0.2, -0.15) is 4.37 Å². The molecule has 0 unspecified atom stereocenters. The van der Waals surface area contributed by atoms with Gasteiger partial charge in [-0.15, -0.1) is 0 Å². The van der Waals surface area contributed by atoms with E-state index in [1.165, 1.54) is 17.1 Å². The third kappa shape index (κ3) is 4.56. The first-order valence-electron chi connectivity index (χ1n) is 6.48. The summed E-state index contributed by atoms with van der Waals surface area (Å²) < 4.78 is 5.23. The van der Waals surface area contributed by atoms with E-state index in [2.05, 4.69) is 39.6 Å². The lowest BCUT2D eigenvalue weighted by atomic mass is 10.3. The molecule has 0 fully saturated rings. The van der Waals surface area contributed by atoms with Crippen molar-refractivity contribution < 1.29 is 0 Å². The van der Waals surface area contributed by atoms with Gasteiger partial charge in [0.1, 0.15) is 10.9 Å². The number of nitrogens with zero attached hydrogens (tertiary/aromatic N) is 3.